The predicted molar refractivity (Wildman–Crippen MR) is 132 cm³/mol. The zero-order valence-corrected chi connectivity index (χ0v) is 20.6. The topological polar surface area (TPSA) is 118 Å². The third-order valence-corrected chi connectivity index (χ3v) is 6.21. The van der Waals surface area contributed by atoms with Gasteiger partial charge in [-0.25, -0.2) is 0 Å². The van der Waals surface area contributed by atoms with Crippen molar-refractivity contribution in [2.75, 3.05) is 24.8 Å². The molecule has 2 aromatic carbocycles. The molecule has 1 aromatic heterocycles. The predicted octanol–water partition coefficient (Wildman–Crippen LogP) is 3.46. The SMILES string of the molecule is CCn1c(SCC(=O)Nc2ccc(Cl)cc2C)nnc1[C@H](CO)NC(=O)c1ccc(OC)cc1. The zero-order chi connectivity index (χ0) is 24.7. The minimum absolute atomic E-state index is 0.113. The van der Waals surface area contributed by atoms with Crippen molar-refractivity contribution in [1.82, 2.24) is 20.1 Å². The number of rotatable bonds is 10. The van der Waals surface area contributed by atoms with Crippen molar-refractivity contribution in [2.24, 2.45) is 0 Å². The van der Waals surface area contributed by atoms with Crippen molar-refractivity contribution in [3.63, 3.8) is 0 Å². The van der Waals surface area contributed by atoms with Gasteiger partial charge < -0.3 is 25.0 Å². The maximum atomic E-state index is 12.6. The number of aromatic nitrogens is 3. The molecule has 34 heavy (non-hydrogen) atoms. The Labute approximate surface area is 206 Å². The van der Waals surface area contributed by atoms with Crippen LogP contribution in [0.4, 0.5) is 5.69 Å². The van der Waals surface area contributed by atoms with E-state index in [9.17, 15) is 14.7 Å². The molecule has 0 saturated carbocycles. The number of hydrogen-bond donors (Lipinski definition) is 3. The van der Waals surface area contributed by atoms with Gasteiger partial charge in [-0.2, -0.15) is 0 Å². The van der Waals surface area contributed by atoms with Gasteiger partial charge >= 0.3 is 0 Å². The molecule has 0 radical (unpaired) electrons. The van der Waals surface area contributed by atoms with Gasteiger partial charge in [-0.3, -0.25) is 9.59 Å². The third kappa shape index (κ3) is 6.28. The van der Waals surface area contributed by atoms with Gasteiger partial charge in [-0.1, -0.05) is 23.4 Å². The van der Waals surface area contributed by atoms with Gasteiger partial charge in [0.2, 0.25) is 5.91 Å². The fourth-order valence-electron chi connectivity index (χ4n) is 3.22. The Morgan fingerprint density at radius 3 is 2.56 bits per heavy atom. The van der Waals surface area contributed by atoms with E-state index in [1.807, 2.05) is 13.8 Å². The van der Waals surface area contributed by atoms with Crippen LogP contribution in [0.3, 0.4) is 0 Å². The quantitative estimate of drug-likeness (QED) is 0.362. The Bertz CT molecular complexity index is 1150. The maximum Gasteiger partial charge on any atom is 0.251 e. The number of nitrogens with one attached hydrogen (secondary N) is 2. The Morgan fingerprint density at radius 1 is 1.21 bits per heavy atom. The van der Waals surface area contributed by atoms with Crippen LogP contribution in [0.2, 0.25) is 5.02 Å². The second kappa shape index (κ2) is 11.9. The van der Waals surface area contributed by atoms with Crippen LogP contribution in [0.25, 0.3) is 0 Å². The van der Waals surface area contributed by atoms with E-state index in [0.29, 0.717) is 39.5 Å². The lowest BCUT2D eigenvalue weighted by Gasteiger charge is -2.17. The molecule has 0 aliphatic rings. The lowest BCUT2D eigenvalue weighted by molar-refractivity contribution is -0.113. The standard InChI is InChI=1S/C23H26ClN5O4S/c1-4-29-21(19(12-30)26-22(32)15-5-8-17(33-3)9-6-15)27-28-23(29)34-13-20(31)25-18-10-7-16(24)11-14(18)2/h5-11,19,30H,4,12-13H2,1-3H3,(H,25,31)(H,26,32)/t19-/m0/s1. The number of nitrogens with zero attached hydrogens (tertiary/aromatic N) is 3. The number of benzene rings is 2. The summed E-state index contributed by atoms with van der Waals surface area (Å²) in [6.07, 6.45) is 0. The number of thioether (sulfide) groups is 1. The molecule has 11 heteroatoms. The van der Waals surface area contributed by atoms with Crippen LogP contribution in [0.15, 0.2) is 47.6 Å². The largest absolute Gasteiger partial charge is 0.497 e. The Kier molecular flexibility index (Phi) is 8.91. The molecule has 0 saturated heterocycles. The van der Waals surface area contributed by atoms with Crippen LogP contribution in [0.1, 0.15) is 34.7 Å². The van der Waals surface area contributed by atoms with E-state index in [0.717, 1.165) is 5.56 Å². The number of methoxy groups -OCH3 is 1. The van der Waals surface area contributed by atoms with Crippen LogP contribution >= 0.6 is 23.4 Å². The van der Waals surface area contributed by atoms with Crippen molar-refractivity contribution in [3.05, 3.63) is 64.4 Å². The number of anilines is 1. The van der Waals surface area contributed by atoms with Crippen LogP contribution in [-0.4, -0.2) is 51.2 Å². The molecule has 3 rings (SSSR count). The number of ether oxygens (including phenoxy) is 1. The second-order valence-electron chi connectivity index (χ2n) is 7.32. The summed E-state index contributed by atoms with van der Waals surface area (Å²) in [6, 6.07) is 11.1. The second-order valence-corrected chi connectivity index (χ2v) is 8.70. The van der Waals surface area contributed by atoms with Gasteiger partial charge in [-0.15, -0.1) is 10.2 Å². The third-order valence-electron chi connectivity index (χ3n) is 5.01. The van der Waals surface area contributed by atoms with Crippen LogP contribution in [0.5, 0.6) is 5.75 Å². The fourth-order valence-corrected chi connectivity index (χ4v) is 4.26. The van der Waals surface area contributed by atoms with E-state index < -0.39 is 6.04 Å². The molecule has 2 amide bonds. The van der Waals surface area contributed by atoms with E-state index in [1.54, 1.807) is 54.1 Å². The Balaban J connectivity index is 1.66. The number of hydrogen-bond acceptors (Lipinski definition) is 7. The molecule has 9 nitrogen and oxygen atoms in total. The molecule has 0 spiro atoms. The van der Waals surface area contributed by atoms with Gasteiger partial charge in [-0.05, 0) is 61.9 Å². The number of aryl methyl sites for hydroxylation is 1. The van der Waals surface area contributed by atoms with Crippen molar-refractivity contribution >= 4 is 40.9 Å². The van der Waals surface area contributed by atoms with E-state index in [1.165, 1.54) is 11.8 Å². The summed E-state index contributed by atoms with van der Waals surface area (Å²) in [5.74, 6) is 0.594. The molecule has 1 heterocycles. The molecule has 0 bridgehead atoms. The van der Waals surface area contributed by atoms with Crippen molar-refractivity contribution in [3.8, 4) is 5.75 Å². The van der Waals surface area contributed by atoms with Gasteiger partial charge in [0, 0.05) is 22.8 Å². The van der Waals surface area contributed by atoms with Crippen molar-refractivity contribution in [1.29, 1.82) is 0 Å². The van der Waals surface area contributed by atoms with Crippen LogP contribution < -0.4 is 15.4 Å². The number of aliphatic hydroxyl groups is 1. The minimum atomic E-state index is -0.762. The van der Waals surface area contributed by atoms with Crippen molar-refractivity contribution < 1.29 is 19.4 Å². The number of amides is 2. The molecular weight excluding hydrogens is 478 g/mol. The number of carbonyl (C=O) groups excluding carboxylic acids is 2. The summed E-state index contributed by atoms with van der Waals surface area (Å²) in [5, 5.41) is 25.0. The summed E-state index contributed by atoms with van der Waals surface area (Å²) in [5.41, 5.74) is 1.98. The fraction of sp³-hybridized carbons (Fsp3) is 0.304. The summed E-state index contributed by atoms with van der Waals surface area (Å²) < 4.78 is 6.87. The molecule has 0 aliphatic carbocycles. The molecule has 180 valence electrons. The smallest absolute Gasteiger partial charge is 0.251 e. The van der Waals surface area contributed by atoms with Crippen molar-refractivity contribution in [2.45, 2.75) is 31.6 Å². The molecule has 0 unspecified atom stereocenters. The first-order valence-electron chi connectivity index (χ1n) is 10.5. The van der Waals surface area contributed by atoms with E-state index in [-0.39, 0.29) is 24.2 Å². The lowest BCUT2D eigenvalue weighted by atomic mass is 10.2. The maximum absolute atomic E-state index is 12.6. The highest BCUT2D eigenvalue weighted by atomic mass is 35.5. The average Bonchev–Trinajstić information content (AvgIpc) is 3.25. The zero-order valence-electron chi connectivity index (χ0n) is 19.0. The first kappa shape index (κ1) is 25.5. The highest BCUT2D eigenvalue weighted by Gasteiger charge is 2.23. The number of carbonyl (C=O) groups is 2. The molecule has 1 atom stereocenters. The number of halogens is 1. The van der Waals surface area contributed by atoms with Gasteiger partial charge in [0.25, 0.3) is 5.91 Å². The van der Waals surface area contributed by atoms with Gasteiger partial charge in [0.05, 0.1) is 19.5 Å². The summed E-state index contributed by atoms with van der Waals surface area (Å²) in [7, 11) is 1.55. The molecule has 3 N–H and O–H groups in total. The van der Waals surface area contributed by atoms with Gasteiger partial charge in [0.1, 0.15) is 11.8 Å². The van der Waals surface area contributed by atoms with E-state index in [4.69, 9.17) is 16.3 Å². The molecular formula is C23H26ClN5O4S. The monoisotopic (exact) mass is 503 g/mol. The average molecular weight is 504 g/mol. The van der Waals surface area contributed by atoms with Crippen LogP contribution in [0, 0.1) is 6.92 Å². The summed E-state index contributed by atoms with van der Waals surface area (Å²) in [4.78, 5) is 25.1. The first-order valence-corrected chi connectivity index (χ1v) is 11.9. The Morgan fingerprint density at radius 2 is 1.94 bits per heavy atom. The first-order chi connectivity index (χ1) is 16.4. The number of aliphatic hydroxyl groups excluding tert-OH is 1. The van der Waals surface area contributed by atoms with E-state index >= 15 is 0 Å². The highest BCUT2D eigenvalue weighted by molar-refractivity contribution is 7.99. The minimum Gasteiger partial charge on any atom is -0.497 e. The highest BCUT2D eigenvalue weighted by Crippen LogP contribution is 2.23. The summed E-state index contributed by atoms with van der Waals surface area (Å²) >= 11 is 7.18. The summed E-state index contributed by atoms with van der Waals surface area (Å²) in [6.45, 7) is 3.90. The Hall–Kier alpha value is -3.08. The van der Waals surface area contributed by atoms with Gasteiger partial charge in [0.15, 0.2) is 11.0 Å². The molecule has 0 fully saturated rings. The van der Waals surface area contributed by atoms with Crippen LogP contribution in [-0.2, 0) is 11.3 Å². The molecule has 0 aliphatic heterocycles. The van der Waals surface area contributed by atoms with E-state index in [2.05, 4.69) is 20.8 Å². The lowest BCUT2D eigenvalue weighted by Crippen LogP contribution is -2.32. The molecule has 3 aromatic rings. The normalized spacial score (nSPS) is 11.7.